The van der Waals surface area contributed by atoms with E-state index in [4.69, 9.17) is 9.98 Å². The summed E-state index contributed by atoms with van der Waals surface area (Å²) >= 11 is 2.59. The zero-order valence-electron chi connectivity index (χ0n) is 29.5. The Balaban J connectivity index is 1.15. The Hall–Kier alpha value is -6.95. The summed E-state index contributed by atoms with van der Waals surface area (Å²) < 4.78 is 0. The number of aromatic nitrogens is 2. The van der Waals surface area contributed by atoms with Crippen molar-refractivity contribution in [3.63, 3.8) is 0 Å². The van der Waals surface area contributed by atoms with E-state index in [9.17, 15) is 14.4 Å². The summed E-state index contributed by atoms with van der Waals surface area (Å²) in [5.74, 6) is -0.388. The molecule has 0 atom stereocenters. The van der Waals surface area contributed by atoms with E-state index in [0.717, 1.165) is 16.8 Å². The number of nitrogens with one attached hydrogen (secondary N) is 2. The molecule has 0 radical (unpaired) electrons. The van der Waals surface area contributed by atoms with Gasteiger partial charge in [0, 0.05) is 11.1 Å². The topological polar surface area (TPSA) is 114 Å². The van der Waals surface area contributed by atoms with E-state index in [1.165, 1.54) is 23.5 Å². The number of H-pyrrole nitrogens is 2. The molecular formula is C45H30N6O3S2. The third-order valence-corrected chi connectivity index (χ3v) is 11.0. The monoisotopic (exact) mass is 766 g/mol. The lowest BCUT2D eigenvalue weighted by atomic mass is 9.99. The summed E-state index contributed by atoms with van der Waals surface area (Å²) in [5.41, 5.74) is 6.55. The Labute approximate surface area is 329 Å². The molecule has 270 valence electrons. The molecule has 2 aliphatic heterocycles. The Bertz CT molecular complexity index is 2810. The molecule has 0 saturated carbocycles. The molecule has 0 aliphatic carbocycles. The average molecular weight is 767 g/mol. The molecule has 6 aromatic carbocycles. The van der Waals surface area contributed by atoms with Crippen LogP contribution in [0.25, 0.3) is 34.3 Å². The number of aromatic amines is 2. The number of fused-ring (bicyclic) bond motifs is 1. The zero-order chi connectivity index (χ0) is 38.0. The SMILES string of the molecule is O=C1/C(=C/c2cc(-c3ccccc3/N=C3\S/C(=C\c4ccccc4)C(=O)N3c3ccccc3)c3[nH]c(=O)[nH]c3c2)S/C(=N\c2ccccc2)N1c1ccccc1. The van der Waals surface area contributed by atoms with Crippen molar-refractivity contribution in [1.29, 1.82) is 0 Å². The third-order valence-electron chi connectivity index (χ3n) is 9.08. The van der Waals surface area contributed by atoms with Gasteiger partial charge in [-0.25, -0.2) is 14.8 Å². The lowest BCUT2D eigenvalue weighted by Gasteiger charge is -2.16. The van der Waals surface area contributed by atoms with Crippen molar-refractivity contribution in [3.8, 4) is 11.1 Å². The fraction of sp³-hybridized carbons (Fsp3) is 0. The summed E-state index contributed by atoms with van der Waals surface area (Å²) in [6, 6.07) is 49.5. The van der Waals surface area contributed by atoms with Gasteiger partial charge < -0.3 is 9.97 Å². The van der Waals surface area contributed by atoms with Gasteiger partial charge >= 0.3 is 5.69 Å². The maximum atomic E-state index is 14.1. The maximum Gasteiger partial charge on any atom is 0.323 e. The smallest absolute Gasteiger partial charge is 0.306 e. The minimum Gasteiger partial charge on any atom is -0.306 e. The normalized spacial score (nSPS) is 17.4. The molecule has 9 nitrogen and oxygen atoms in total. The van der Waals surface area contributed by atoms with Gasteiger partial charge in [0.15, 0.2) is 10.3 Å². The molecule has 11 heteroatoms. The Kier molecular flexibility index (Phi) is 9.36. The van der Waals surface area contributed by atoms with Gasteiger partial charge in [0.25, 0.3) is 11.8 Å². The number of amides is 2. The van der Waals surface area contributed by atoms with E-state index in [1.54, 1.807) is 9.80 Å². The predicted molar refractivity (Wildman–Crippen MR) is 230 cm³/mol. The highest BCUT2D eigenvalue weighted by Gasteiger charge is 2.36. The van der Waals surface area contributed by atoms with Gasteiger partial charge in [0.05, 0.1) is 43.6 Å². The number of aliphatic imine (C=N–C) groups is 2. The van der Waals surface area contributed by atoms with Crippen molar-refractivity contribution < 1.29 is 9.59 Å². The van der Waals surface area contributed by atoms with Crippen LogP contribution in [-0.2, 0) is 9.59 Å². The highest BCUT2D eigenvalue weighted by Crippen LogP contribution is 2.42. The molecule has 2 amide bonds. The summed E-state index contributed by atoms with van der Waals surface area (Å²) in [6.07, 6.45) is 3.70. The first-order chi connectivity index (χ1) is 27.5. The molecule has 2 saturated heterocycles. The van der Waals surface area contributed by atoms with E-state index in [-0.39, 0.29) is 17.5 Å². The fourth-order valence-corrected chi connectivity index (χ4v) is 8.53. The highest BCUT2D eigenvalue weighted by atomic mass is 32.2. The van der Waals surface area contributed by atoms with Crippen molar-refractivity contribution in [2.45, 2.75) is 0 Å². The van der Waals surface area contributed by atoms with Crippen molar-refractivity contribution >= 4 is 91.6 Å². The molecule has 9 rings (SSSR count). The van der Waals surface area contributed by atoms with Crippen molar-refractivity contribution in [3.05, 3.63) is 189 Å². The fourth-order valence-electron chi connectivity index (χ4n) is 6.53. The van der Waals surface area contributed by atoms with E-state index in [0.29, 0.717) is 59.4 Å². The third kappa shape index (κ3) is 6.92. The summed E-state index contributed by atoms with van der Waals surface area (Å²) in [5, 5.41) is 1.02. The molecule has 1 aromatic heterocycles. The van der Waals surface area contributed by atoms with Gasteiger partial charge in [-0.15, -0.1) is 0 Å². The summed E-state index contributed by atoms with van der Waals surface area (Å²) in [6.45, 7) is 0. The number of anilines is 2. The van der Waals surface area contributed by atoms with Gasteiger partial charge in [-0.05, 0) is 101 Å². The number of carbonyl (C=O) groups is 2. The molecule has 0 bridgehead atoms. The Morgan fingerprint density at radius 2 is 1.02 bits per heavy atom. The van der Waals surface area contributed by atoms with Crippen LogP contribution in [0.5, 0.6) is 0 Å². The van der Waals surface area contributed by atoms with E-state index in [1.807, 2.05) is 170 Å². The lowest BCUT2D eigenvalue weighted by Crippen LogP contribution is -2.28. The number of thioether (sulfide) groups is 2. The molecular weight excluding hydrogens is 737 g/mol. The van der Waals surface area contributed by atoms with Crippen molar-refractivity contribution in [2.24, 2.45) is 9.98 Å². The van der Waals surface area contributed by atoms with Crippen LogP contribution in [-0.4, -0.2) is 32.1 Å². The number of rotatable bonds is 7. The Morgan fingerprint density at radius 3 is 1.64 bits per heavy atom. The molecule has 2 N–H and O–H groups in total. The van der Waals surface area contributed by atoms with Crippen LogP contribution in [0.1, 0.15) is 11.1 Å². The quantitative estimate of drug-likeness (QED) is 0.157. The number of nitrogens with zero attached hydrogens (tertiary/aromatic N) is 4. The number of carbonyl (C=O) groups excluding carboxylic acids is 2. The van der Waals surface area contributed by atoms with Gasteiger partial charge in [0.2, 0.25) is 0 Å². The Morgan fingerprint density at radius 1 is 0.500 bits per heavy atom. The molecule has 7 aromatic rings. The van der Waals surface area contributed by atoms with Crippen LogP contribution < -0.4 is 15.5 Å². The standard InChI is InChI=1S/C45H30N6O3S2/c52-41-38(27-29-15-5-1-6-16-29)56-45(51(41)33-21-11-4-12-22-33)48-36-24-14-13-23-34(36)35-25-30(26-37-40(35)49-43(54)47-37)28-39-42(53)50(32-19-9-3-10-20-32)44(55-39)46-31-17-7-2-8-18-31/h1-28H,(H2,47,49,54)/b38-27-,39-28-,46-44-,48-45-. The summed E-state index contributed by atoms with van der Waals surface area (Å²) in [4.78, 5) is 61.0. The molecule has 0 unspecified atom stereocenters. The van der Waals surface area contributed by atoms with Crippen LogP contribution in [0.4, 0.5) is 22.7 Å². The molecule has 3 heterocycles. The molecule has 56 heavy (non-hydrogen) atoms. The second-order valence-corrected chi connectivity index (χ2v) is 14.8. The predicted octanol–water partition coefficient (Wildman–Crippen LogP) is 10.1. The van der Waals surface area contributed by atoms with Crippen molar-refractivity contribution in [2.75, 3.05) is 9.80 Å². The summed E-state index contributed by atoms with van der Waals surface area (Å²) in [7, 11) is 0. The molecule has 0 spiro atoms. The molecule has 2 fully saturated rings. The number of amidine groups is 2. The minimum absolute atomic E-state index is 0.175. The van der Waals surface area contributed by atoms with E-state index in [2.05, 4.69) is 9.97 Å². The number of hydrogen-bond donors (Lipinski definition) is 2. The first-order valence-corrected chi connectivity index (χ1v) is 19.3. The minimum atomic E-state index is -0.364. The zero-order valence-corrected chi connectivity index (χ0v) is 31.1. The lowest BCUT2D eigenvalue weighted by molar-refractivity contribution is -0.114. The van der Waals surface area contributed by atoms with Gasteiger partial charge in [0.1, 0.15) is 0 Å². The van der Waals surface area contributed by atoms with Crippen LogP contribution in [0.15, 0.2) is 182 Å². The first kappa shape index (κ1) is 34.8. The maximum absolute atomic E-state index is 14.1. The number of hydrogen-bond acceptors (Lipinski definition) is 7. The van der Waals surface area contributed by atoms with Crippen LogP contribution in [0.2, 0.25) is 0 Å². The number of imidazole rings is 1. The van der Waals surface area contributed by atoms with Gasteiger partial charge in [-0.1, -0.05) is 103 Å². The molecule has 2 aliphatic rings. The van der Waals surface area contributed by atoms with Crippen LogP contribution >= 0.6 is 23.5 Å². The van der Waals surface area contributed by atoms with E-state index >= 15 is 0 Å². The van der Waals surface area contributed by atoms with Gasteiger partial charge in [-0.2, -0.15) is 0 Å². The van der Waals surface area contributed by atoms with E-state index < -0.39 is 0 Å². The largest absolute Gasteiger partial charge is 0.323 e. The van der Waals surface area contributed by atoms with Gasteiger partial charge in [-0.3, -0.25) is 19.4 Å². The van der Waals surface area contributed by atoms with Crippen LogP contribution in [0.3, 0.4) is 0 Å². The number of para-hydroxylation sites is 4. The average Bonchev–Trinajstić information content (AvgIpc) is 3.86. The van der Waals surface area contributed by atoms with Crippen molar-refractivity contribution in [1.82, 2.24) is 9.97 Å². The second-order valence-electron chi connectivity index (χ2n) is 12.8. The number of benzene rings is 6. The highest BCUT2D eigenvalue weighted by molar-refractivity contribution is 8.19. The first-order valence-electron chi connectivity index (χ1n) is 17.7. The second kappa shape index (κ2) is 15.1. The van der Waals surface area contributed by atoms with Crippen LogP contribution in [0, 0.1) is 0 Å².